The van der Waals surface area contributed by atoms with Crippen LogP contribution in [0.2, 0.25) is 0 Å². The Morgan fingerprint density at radius 1 is 0.944 bits per heavy atom. The number of carbonyl (C=O) groups excluding carboxylic acids is 1. The number of benzene rings is 2. The minimum absolute atomic E-state index is 0.239. The minimum Gasteiger partial charge on any atom is -0.370 e. The second-order valence-electron chi connectivity index (χ2n) is 4.17. The average Bonchev–Trinajstić information content (AvgIpc) is 2.38. The van der Waals surface area contributed by atoms with E-state index in [1.54, 1.807) is 12.1 Å². The molecule has 18 heavy (non-hydrogen) atoms. The maximum Gasteiger partial charge on any atom is 0.217 e. The Kier molecular flexibility index (Phi) is 3.72. The van der Waals surface area contributed by atoms with Crippen LogP contribution >= 0.6 is 0 Å². The highest BCUT2D eigenvalue weighted by Crippen LogP contribution is 2.20. The fourth-order valence-corrected chi connectivity index (χ4v) is 1.77. The van der Waals surface area contributed by atoms with Crippen molar-refractivity contribution in [3.8, 4) is 11.1 Å². The highest BCUT2D eigenvalue weighted by atomic mass is 19.1. The van der Waals surface area contributed by atoms with Crippen molar-refractivity contribution in [2.75, 3.05) is 0 Å². The molecule has 0 fully saturated rings. The van der Waals surface area contributed by atoms with Crippen molar-refractivity contribution in [3.63, 3.8) is 0 Å². The molecule has 0 atom stereocenters. The topological polar surface area (TPSA) is 43.1 Å². The molecule has 0 aromatic heterocycles. The molecular formula is C15H14FNO. The lowest BCUT2D eigenvalue weighted by atomic mass is 10.0. The highest BCUT2D eigenvalue weighted by Gasteiger charge is 2.00. The monoisotopic (exact) mass is 243 g/mol. The zero-order valence-corrected chi connectivity index (χ0v) is 9.90. The SMILES string of the molecule is NC(=O)CCc1ccc(-c2ccc(F)cc2)cc1. The summed E-state index contributed by atoms with van der Waals surface area (Å²) < 4.78 is 12.8. The summed E-state index contributed by atoms with van der Waals surface area (Å²) in [5.41, 5.74) is 8.17. The highest BCUT2D eigenvalue weighted by molar-refractivity contribution is 5.74. The Morgan fingerprint density at radius 2 is 1.44 bits per heavy atom. The average molecular weight is 243 g/mol. The van der Waals surface area contributed by atoms with Crippen LogP contribution in [0.4, 0.5) is 4.39 Å². The first-order valence-corrected chi connectivity index (χ1v) is 5.78. The van der Waals surface area contributed by atoms with E-state index in [0.717, 1.165) is 16.7 Å². The number of primary amides is 1. The van der Waals surface area contributed by atoms with Crippen LogP contribution in [0, 0.1) is 5.82 Å². The van der Waals surface area contributed by atoms with Crippen LogP contribution in [-0.4, -0.2) is 5.91 Å². The third kappa shape index (κ3) is 3.17. The van der Waals surface area contributed by atoms with Gasteiger partial charge in [-0.3, -0.25) is 4.79 Å². The van der Waals surface area contributed by atoms with Gasteiger partial charge in [0.15, 0.2) is 0 Å². The van der Waals surface area contributed by atoms with Crippen LogP contribution in [-0.2, 0) is 11.2 Å². The lowest BCUT2D eigenvalue weighted by Crippen LogP contribution is -2.11. The lowest BCUT2D eigenvalue weighted by Gasteiger charge is -2.04. The molecule has 0 saturated heterocycles. The summed E-state index contributed by atoms with van der Waals surface area (Å²) in [4.78, 5) is 10.7. The number of aryl methyl sites for hydroxylation is 1. The van der Waals surface area contributed by atoms with E-state index in [1.807, 2.05) is 24.3 Å². The maximum absolute atomic E-state index is 12.8. The number of hydrogen-bond donors (Lipinski definition) is 1. The number of halogens is 1. The van der Waals surface area contributed by atoms with Crippen molar-refractivity contribution in [2.24, 2.45) is 5.73 Å². The number of nitrogens with two attached hydrogens (primary N) is 1. The Morgan fingerprint density at radius 3 is 1.94 bits per heavy atom. The van der Waals surface area contributed by atoms with Gasteiger partial charge in [0.05, 0.1) is 0 Å². The van der Waals surface area contributed by atoms with Crippen LogP contribution in [0.3, 0.4) is 0 Å². The van der Waals surface area contributed by atoms with Crippen molar-refractivity contribution in [1.29, 1.82) is 0 Å². The van der Waals surface area contributed by atoms with Gasteiger partial charge in [-0.1, -0.05) is 36.4 Å². The second-order valence-corrected chi connectivity index (χ2v) is 4.17. The summed E-state index contributed by atoms with van der Waals surface area (Å²) in [5, 5.41) is 0. The molecule has 0 unspecified atom stereocenters. The first kappa shape index (κ1) is 12.3. The third-order valence-corrected chi connectivity index (χ3v) is 2.79. The van der Waals surface area contributed by atoms with E-state index in [4.69, 9.17) is 5.73 Å². The molecule has 92 valence electrons. The van der Waals surface area contributed by atoms with Crippen LogP contribution in [0.25, 0.3) is 11.1 Å². The molecule has 0 spiro atoms. The van der Waals surface area contributed by atoms with Gasteiger partial charge in [0.2, 0.25) is 5.91 Å². The smallest absolute Gasteiger partial charge is 0.217 e. The molecule has 0 radical (unpaired) electrons. The first-order chi connectivity index (χ1) is 8.65. The largest absolute Gasteiger partial charge is 0.370 e. The molecule has 0 aliphatic heterocycles. The summed E-state index contributed by atoms with van der Waals surface area (Å²) in [6, 6.07) is 14.2. The molecule has 0 aliphatic rings. The van der Waals surface area contributed by atoms with Crippen LogP contribution in [0.15, 0.2) is 48.5 Å². The number of carbonyl (C=O) groups is 1. The van der Waals surface area contributed by atoms with Crippen molar-refractivity contribution in [1.82, 2.24) is 0 Å². The molecule has 2 aromatic rings. The van der Waals surface area contributed by atoms with E-state index in [1.165, 1.54) is 12.1 Å². The molecule has 0 saturated carbocycles. The minimum atomic E-state index is -0.294. The quantitative estimate of drug-likeness (QED) is 0.881. The van der Waals surface area contributed by atoms with Gasteiger partial charge in [0, 0.05) is 6.42 Å². The second kappa shape index (κ2) is 5.45. The van der Waals surface area contributed by atoms with Gasteiger partial charge in [0.25, 0.3) is 0 Å². The lowest BCUT2D eigenvalue weighted by molar-refractivity contribution is -0.117. The van der Waals surface area contributed by atoms with E-state index in [2.05, 4.69) is 0 Å². The maximum atomic E-state index is 12.8. The fourth-order valence-electron chi connectivity index (χ4n) is 1.77. The molecule has 0 bridgehead atoms. The molecule has 0 heterocycles. The van der Waals surface area contributed by atoms with E-state index in [-0.39, 0.29) is 11.7 Å². The van der Waals surface area contributed by atoms with Gasteiger partial charge >= 0.3 is 0 Å². The number of hydrogen-bond acceptors (Lipinski definition) is 1. The van der Waals surface area contributed by atoms with Gasteiger partial charge in [-0.15, -0.1) is 0 Å². The fraction of sp³-hybridized carbons (Fsp3) is 0.133. The Labute approximate surface area is 105 Å². The Balaban J connectivity index is 2.12. The van der Waals surface area contributed by atoms with Gasteiger partial charge in [-0.25, -0.2) is 4.39 Å². The molecule has 2 rings (SSSR count). The normalized spacial score (nSPS) is 10.3. The molecule has 2 nitrogen and oxygen atoms in total. The molecule has 2 aromatic carbocycles. The Bertz CT molecular complexity index is 531. The Hall–Kier alpha value is -2.16. The van der Waals surface area contributed by atoms with Crippen molar-refractivity contribution < 1.29 is 9.18 Å². The van der Waals surface area contributed by atoms with Gasteiger partial charge in [-0.05, 0) is 35.2 Å². The van der Waals surface area contributed by atoms with Crippen molar-refractivity contribution >= 4 is 5.91 Å². The summed E-state index contributed by atoms with van der Waals surface area (Å²) in [6.07, 6.45) is 1.01. The zero-order chi connectivity index (χ0) is 13.0. The predicted octanol–water partition coefficient (Wildman–Crippen LogP) is 2.91. The molecular weight excluding hydrogens is 229 g/mol. The summed E-state index contributed by atoms with van der Waals surface area (Å²) >= 11 is 0. The van der Waals surface area contributed by atoms with Gasteiger partial charge < -0.3 is 5.73 Å². The van der Waals surface area contributed by atoms with Crippen LogP contribution < -0.4 is 5.73 Å². The number of rotatable bonds is 4. The molecule has 2 N–H and O–H groups in total. The summed E-state index contributed by atoms with van der Waals surface area (Å²) in [7, 11) is 0. The van der Waals surface area contributed by atoms with Crippen LogP contribution in [0.1, 0.15) is 12.0 Å². The van der Waals surface area contributed by atoms with Gasteiger partial charge in [0.1, 0.15) is 5.82 Å². The molecule has 3 heteroatoms. The number of amides is 1. The van der Waals surface area contributed by atoms with E-state index < -0.39 is 0 Å². The first-order valence-electron chi connectivity index (χ1n) is 5.78. The predicted molar refractivity (Wildman–Crippen MR) is 69.4 cm³/mol. The molecule has 1 amide bonds. The summed E-state index contributed by atoms with van der Waals surface area (Å²) in [6.45, 7) is 0. The summed E-state index contributed by atoms with van der Waals surface area (Å²) in [5.74, 6) is -0.533. The standard InChI is InChI=1S/C15H14FNO/c16-14-8-6-13(7-9-14)12-4-1-11(2-5-12)3-10-15(17)18/h1-2,4-9H,3,10H2,(H2,17,18). The van der Waals surface area contributed by atoms with Crippen molar-refractivity contribution in [3.05, 3.63) is 59.9 Å². The van der Waals surface area contributed by atoms with Gasteiger partial charge in [-0.2, -0.15) is 0 Å². The van der Waals surface area contributed by atoms with E-state index >= 15 is 0 Å². The van der Waals surface area contributed by atoms with E-state index in [0.29, 0.717) is 12.8 Å². The van der Waals surface area contributed by atoms with E-state index in [9.17, 15) is 9.18 Å². The van der Waals surface area contributed by atoms with Crippen molar-refractivity contribution in [2.45, 2.75) is 12.8 Å². The van der Waals surface area contributed by atoms with Crippen LogP contribution in [0.5, 0.6) is 0 Å². The zero-order valence-electron chi connectivity index (χ0n) is 9.90. The molecule has 0 aliphatic carbocycles. The third-order valence-electron chi connectivity index (χ3n) is 2.79.